The van der Waals surface area contributed by atoms with E-state index in [0.29, 0.717) is 10.8 Å². The van der Waals surface area contributed by atoms with Crippen LogP contribution in [-0.2, 0) is 0 Å². The van der Waals surface area contributed by atoms with Crippen molar-refractivity contribution in [2.24, 2.45) is 0 Å². The van der Waals surface area contributed by atoms with Gasteiger partial charge in [-0.2, -0.15) is 0 Å². The van der Waals surface area contributed by atoms with Gasteiger partial charge in [0.05, 0.1) is 10.9 Å². The zero-order valence-electron chi connectivity index (χ0n) is 9.69. The number of nitrogens with one attached hydrogen (secondary N) is 1. The van der Waals surface area contributed by atoms with Crippen LogP contribution in [0.2, 0.25) is 0 Å². The number of para-hydroxylation sites is 1. The first-order chi connectivity index (χ1) is 8.18. The lowest BCUT2D eigenvalue weighted by Gasteiger charge is -2.27. The fraction of sp³-hybridized carbons (Fsp3) is 0.385. The third-order valence-electron chi connectivity index (χ3n) is 3.61. The average Bonchev–Trinajstić information content (AvgIpc) is 2.23. The maximum absolute atomic E-state index is 12.4. The topological polar surface area (TPSA) is 37.8 Å². The van der Waals surface area contributed by atoms with E-state index in [1.807, 2.05) is 25.1 Å². The molecule has 1 aromatic heterocycles. The molecule has 1 N–H and O–H groups in total. The van der Waals surface area contributed by atoms with E-state index in [1.165, 1.54) is 6.42 Å². The molecule has 1 aliphatic rings. The molecule has 3 rings (SSSR count). The molecule has 0 saturated heterocycles. The lowest BCUT2D eigenvalue weighted by molar-refractivity contribution is 0.302. The van der Waals surface area contributed by atoms with Crippen LogP contribution in [0.15, 0.2) is 23.0 Å². The summed E-state index contributed by atoms with van der Waals surface area (Å²) < 4.78 is 2.31. The number of benzene rings is 1. The molecule has 0 radical (unpaired) electrons. The Morgan fingerprint density at radius 1 is 1.41 bits per heavy atom. The van der Waals surface area contributed by atoms with Crippen LogP contribution in [0.5, 0.6) is 0 Å². The predicted octanol–water partition coefficient (Wildman–Crippen LogP) is 3.09. The zero-order valence-corrected chi connectivity index (χ0v) is 10.5. The highest BCUT2D eigenvalue weighted by molar-refractivity contribution is 7.71. The summed E-state index contributed by atoms with van der Waals surface area (Å²) in [6, 6.07) is 6.07. The first-order valence-electron chi connectivity index (χ1n) is 5.92. The monoisotopic (exact) mass is 246 g/mol. The molecule has 1 saturated carbocycles. The summed E-state index contributed by atoms with van der Waals surface area (Å²) in [6.45, 7) is 1.99. The summed E-state index contributed by atoms with van der Waals surface area (Å²) in [5.41, 5.74) is 1.99. The molecule has 0 unspecified atom stereocenters. The van der Waals surface area contributed by atoms with E-state index in [1.54, 1.807) is 4.57 Å². The number of H-pyrrole nitrogens is 1. The van der Waals surface area contributed by atoms with E-state index < -0.39 is 0 Å². The zero-order chi connectivity index (χ0) is 12.0. The molecule has 1 aliphatic carbocycles. The third kappa shape index (κ3) is 1.55. The van der Waals surface area contributed by atoms with Gasteiger partial charge >= 0.3 is 0 Å². The highest BCUT2D eigenvalue weighted by Gasteiger charge is 2.22. The Balaban J connectivity index is 2.39. The molecule has 1 heterocycles. The Kier molecular flexibility index (Phi) is 2.40. The lowest BCUT2D eigenvalue weighted by atomic mass is 9.93. The summed E-state index contributed by atoms with van der Waals surface area (Å²) in [5, 5.41) is 0.741. The maximum Gasteiger partial charge on any atom is 0.262 e. The number of aromatic amines is 1. The quantitative estimate of drug-likeness (QED) is 0.785. The summed E-state index contributed by atoms with van der Waals surface area (Å²) in [6.07, 6.45) is 3.32. The second-order valence-electron chi connectivity index (χ2n) is 4.69. The van der Waals surface area contributed by atoms with Crippen molar-refractivity contribution in [3.05, 3.63) is 38.9 Å². The summed E-state index contributed by atoms with van der Waals surface area (Å²) in [7, 11) is 0. The van der Waals surface area contributed by atoms with Crippen LogP contribution in [0, 0.1) is 11.7 Å². The fourth-order valence-corrected chi connectivity index (χ4v) is 2.71. The van der Waals surface area contributed by atoms with Gasteiger partial charge in [0.15, 0.2) is 4.77 Å². The number of nitrogens with zero attached hydrogens (tertiary/aromatic N) is 1. The SMILES string of the molecule is Cc1cccc2c(=O)n(C3CCC3)c(=S)[nH]c12. The molecule has 2 aromatic rings. The van der Waals surface area contributed by atoms with E-state index in [2.05, 4.69) is 4.98 Å². The highest BCUT2D eigenvalue weighted by atomic mass is 32.1. The average molecular weight is 246 g/mol. The van der Waals surface area contributed by atoms with Crippen molar-refractivity contribution in [3.63, 3.8) is 0 Å². The minimum absolute atomic E-state index is 0.0529. The van der Waals surface area contributed by atoms with Gasteiger partial charge in [0.25, 0.3) is 5.56 Å². The number of aryl methyl sites for hydroxylation is 1. The van der Waals surface area contributed by atoms with Crippen molar-refractivity contribution in [2.75, 3.05) is 0 Å². The van der Waals surface area contributed by atoms with Gasteiger partial charge in [-0.15, -0.1) is 0 Å². The first kappa shape index (κ1) is 10.7. The number of hydrogen-bond acceptors (Lipinski definition) is 2. The van der Waals surface area contributed by atoms with Crippen LogP contribution in [0.3, 0.4) is 0 Å². The van der Waals surface area contributed by atoms with Crippen molar-refractivity contribution in [1.29, 1.82) is 0 Å². The van der Waals surface area contributed by atoms with E-state index in [0.717, 1.165) is 29.3 Å². The Labute approximate surface area is 104 Å². The Bertz CT molecular complexity index is 695. The molecule has 17 heavy (non-hydrogen) atoms. The summed E-state index contributed by atoms with van der Waals surface area (Å²) in [5.74, 6) is 0. The van der Waals surface area contributed by atoms with Crippen LogP contribution in [0.25, 0.3) is 10.9 Å². The molecule has 3 nitrogen and oxygen atoms in total. The number of hydrogen-bond donors (Lipinski definition) is 1. The van der Waals surface area contributed by atoms with Crippen LogP contribution in [-0.4, -0.2) is 9.55 Å². The van der Waals surface area contributed by atoms with Gasteiger partial charge in [0.1, 0.15) is 0 Å². The van der Waals surface area contributed by atoms with Gasteiger partial charge in [0, 0.05) is 6.04 Å². The van der Waals surface area contributed by atoms with E-state index in [-0.39, 0.29) is 5.56 Å². The molecule has 4 heteroatoms. The van der Waals surface area contributed by atoms with E-state index >= 15 is 0 Å². The highest BCUT2D eigenvalue weighted by Crippen LogP contribution is 2.30. The van der Waals surface area contributed by atoms with Crippen molar-refractivity contribution in [2.45, 2.75) is 32.2 Å². The fourth-order valence-electron chi connectivity index (χ4n) is 2.38. The maximum atomic E-state index is 12.4. The van der Waals surface area contributed by atoms with Gasteiger partial charge in [-0.1, -0.05) is 12.1 Å². The Morgan fingerprint density at radius 2 is 2.18 bits per heavy atom. The minimum atomic E-state index is 0.0529. The second-order valence-corrected chi connectivity index (χ2v) is 5.07. The van der Waals surface area contributed by atoms with Crippen LogP contribution < -0.4 is 5.56 Å². The minimum Gasteiger partial charge on any atom is -0.331 e. The lowest BCUT2D eigenvalue weighted by Crippen LogP contribution is -2.30. The van der Waals surface area contributed by atoms with E-state index in [4.69, 9.17) is 12.2 Å². The second kappa shape index (κ2) is 3.81. The molecular formula is C13H14N2OS. The standard InChI is InChI=1S/C13H14N2OS/c1-8-4-2-7-10-11(8)14-13(17)15(12(10)16)9-5-3-6-9/h2,4,7,9H,3,5-6H2,1H3,(H,14,17). The summed E-state index contributed by atoms with van der Waals surface area (Å²) >= 11 is 5.31. The van der Waals surface area contributed by atoms with Gasteiger partial charge in [0.2, 0.25) is 0 Å². The van der Waals surface area contributed by atoms with Crippen molar-refractivity contribution in [1.82, 2.24) is 9.55 Å². The molecule has 1 aromatic carbocycles. The molecule has 0 aliphatic heterocycles. The van der Waals surface area contributed by atoms with Gasteiger partial charge < -0.3 is 4.98 Å². The molecule has 0 atom stereocenters. The largest absolute Gasteiger partial charge is 0.331 e. The van der Waals surface area contributed by atoms with Crippen LogP contribution in [0.1, 0.15) is 30.9 Å². The van der Waals surface area contributed by atoms with Crippen LogP contribution >= 0.6 is 12.2 Å². The smallest absolute Gasteiger partial charge is 0.262 e. The molecule has 0 amide bonds. The normalized spacial score (nSPS) is 16.1. The Morgan fingerprint density at radius 3 is 2.82 bits per heavy atom. The summed E-state index contributed by atoms with van der Waals surface area (Å²) in [4.78, 5) is 15.6. The molecule has 1 fully saturated rings. The van der Waals surface area contributed by atoms with Crippen molar-refractivity contribution >= 4 is 23.1 Å². The third-order valence-corrected chi connectivity index (χ3v) is 3.91. The Hall–Kier alpha value is -1.42. The molecule has 88 valence electrons. The molecule has 0 spiro atoms. The number of aromatic nitrogens is 2. The van der Waals surface area contributed by atoms with Crippen molar-refractivity contribution in [3.8, 4) is 0 Å². The predicted molar refractivity (Wildman–Crippen MR) is 71.0 cm³/mol. The van der Waals surface area contributed by atoms with Gasteiger partial charge in [-0.3, -0.25) is 9.36 Å². The van der Waals surface area contributed by atoms with Gasteiger partial charge in [-0.05, 0) is 50.0 Å². The van der Waals surface area contributed by atoms with Crippen LogP contribution in [0.4, 0.5) is 0 Å². The first-order valence-corrected chi connectivity index (χ1v) is 6.33. The molecule has 0 bridgehead atoms. The van der Waals surface area contributed by atoms with Gasteiger partial charge in [-0.25, -0.2) is 0 Å². The molecular weight excluding hydrogens is 232 g/mol. The number of rotatable bonds is 1. The number of fused-ring (bicyclic) bond motifs is 1. The van der Waals surface area contributed by atoms with E-state index in [9.17, 15) is 4.79 Å². The van der Waals surface area contributed by atoms with Crippen molar-refractivity contribution < 1.29 is 0 Å².